The molecule has 0 fully saturated rings. The fraction of sp³-hybridized carbons (Fsp3) is 0.143. The number of carbonyl (C=O) groups is 1. The van der Waals surface area contributed by atoms with E-state index in [0.717, 1.165) is 28.8 Å². The molecule has 6 heteroatoms. The standard InChI is InChI=1S/C21H20N4O2/c1-27-18-7-6-17-10-20(24-19(17)11-18)21(26)23-12-15-2-4-16(5-3-15)13-25-9-8-22-14-25/h2-11,14,24H,12-13H2,1H3,(H,23,26). The number of methoxy groups -OCH3 is 1. The lowest BCUT2D eigenvalue weighted by Gasteiger charge is -2.06. The first-order chi connectivity index (χ1) is 13.2. The molecule has 0 atom stereocenters. The zero-order valence-electron chi connectivity index (χ0n) is 15.0. The lowest BCUT2D eigenvalue weighted by Crippen LogP contribution is -2.23. The molecule has 2 aromatic heterocycles. The number of carbonyl (C=O) groups excluding carboxylic acids is 1. The molecule has 1 amide bonds. The van der Waals surface area contributed by atoms with Gasteiger partial charge in [-0.25, -0.2) is 4.98 Å². The van der Waals surface area contributed by atoms with Crippen LogP contribution >= 0.6 is 0 Å². The first-order valence-corrected chi connectivity index (χ1v) is 8.70. The predicted molar refractivity (Wildman–Crippen MR) is 104 cm³/mol. The van der Waals surface area contributed by atoms with Crippen LogP contribution in [-0.4, -0.2) is 27.6 Å². The lowest BCUT2D eigenvalue weighted by molar-refractivity contribution is 0.0946. The van der Waals surface area contributed by atoms with Gasteiger partial charge in [-0.3, -0.25) is 4.79 Å². The summed E-state index contributed by atoms with van der Waals surface area (Å²) >= 11 is 0. The van der Waals surface area contributed by atoms with E-state index < -0.39 is 0 Å². The number of aromatic nitrogens is 3. The van der Waals surface area contributed by atoms with E-state index in [1.165, 1.54) is 5.56 Å². The third-order valence-electron chi connectivity index (χ3n) is 4.47. The Bertz CT molecular complexity index is 1050. The van der Waals surface area contributed by atoms with E-state index in [1.54, 1.807) is 19.6 Å². The number of H-pyrrole nitrogens is 1. The van der Waals surface area contributed by atoms with Crippen LogP contribution in [0.2, 0.25) is 0 Å². The minimum absolute atomic E-state index is 0.132. The van der Waals surface area contributed by atoms with Crippen LogP contribution in [-0.2, 0) is 13.1 Å². The van der Waals surface area contributed by atoms with E-state index in [9.17, 15) is 4.79 Å². The maximum atomic E-state index is 12.4. The molecular formula is C21H20N4O2. The van der Waals surface area contributed by atoms with E-state index in [1.807, 2.05) is 47.2 Å². The maximum absolute atomic E-state index is 12.4. The fourth-order valence-electron chi connectivity index (χ4n) is 2.99. The van der Waals surface area contributed by atoms with Crippen molar-refractivity contribution in [3.63, 3.8) is 0 Å². The summed E-state index contributed by atoms with van der Waals surface area (Å²) in [5.41, 5.74) is 3.65. The van der Waals surface area contributed by atoms with Crippen molar-refractivity contribution in [2.24, 2.45) is 0 Å². The van der Waals surface area contributed by atoms with Gasteiger partial charge in [0.2, 0.25) is 0 Å². The number of nitrogens with one attached hydrogen (secondary N) is 2. The van der Waals surface area contributed by atoms with Crippen molar-refractivity contribution < 1.29 is 9.53 Å². The monoisotopic (exact) mass is 360 g/mol. The average Bonchev–Trinajstić information content (AvgIpc) is 3.36. The molecule has 2 heterocycles. The number of nitrogens with zero attached hydrogens (tertiary/aromatic N) is 2. The van der Waals surface area contributed by atoms with Crippen LogP contribution in [0.4, 0.5) is 0 Å². The van der Waals surface area contributed by atoms with Gasteiger partial charge in [0.05, 0.1) is 13.4 Å². The quantitative estimate of drug-likeness (QED) is 0.554. The molecule has 0 saturated carbocycles. The van der Waals surface area contributed by atoms with Crippen molar-refractivity contribution in [1.29, 1.82) is 0 Å². The predicted octanol–water partition coefficient (Wildman–Crippen LogP) is 3.35. The molecule has 6 nitrogen and oxygen atoms in total. The molecule has 136 valence electrons. The van der Waals surface area contributed by atoms with Crippen LogP contribution in [0.3, 0.4) is 0 Å². The summed E-state index contributed by atoms with van der Waals surface area (Å²) in [4.78, 5) is 19.6. The van der Waals surface area contributed by atoms with Crippen molar-refractivity contribution in [3.8, 4) is 5.75 Å². The molecular weight excluding hydrogens is 340 g/mol. The Kier molecular flexibility index (Phi) is 4.61. The van der Waals surface area contributed by atoms with Gasteiger partial charge in [-0.2, -0.15) is 0 Å². The van der Waals surface area contributed by atoms with E-state index >= 15 is 0 Å². The molecule has 0 aliphatic rings. The minimum atomic E-state index is -0.132. The van der Waals surface area contributed by atoms with Gasteiger partial charge in [0, 0.05) is 42.5 Å². The maximum Gasteiger partial charge on any atom is 0.267 e. The van der Waals surface area contributed by atoms with Crippen molar-refractivity contribution in [1.82, 2.24) is 19.9 Å². The van der Waals surface area contributed by atoms with Gasteiger partial charge in [0.1, 0.15) is 11.4 Å². The lowest BCUT2D eigenvalue weighted by atomic mass is 10.1. The zero-order chi connectivity index (χ0) is 18.6. The second-order valence-electron chi connectivity index (χ2n) is 6.37. The van der Waals surface area contributed by atoms with Crippen LogP contribution in [0.1, 0.15) is 21.6 Å². The van der Waals surface area contributed by atoms with Gasteiger partial charge in [0.15, 0.2) is 0 Å². The molecule has 27 heavy (non-hydrogen) atoms. The summed E-state index contributed by atoms with van der Waals surface area (Å²) in [6.45, 7) is 1.26. The van der Waals surface area contributed by atoms with E-state index in [4.69, 9.17) is 4.74 Å². The summed E-state index contributed by atoms with van der Waals surface area (Å²) in [6.07, 6.45) is 5.50. The summed E-state index contributed by atoms with van der Waals surface area (Å²) in [6, 6.07) is 15.7. The normalized spacial score (nSPS) is 10.9. The van der Waals surface area contributed by atoms with Gasteiger partial charge in [-0.1, -0.05) is 24.3 Å². The molecule has 0 saturated heterocycles. The fourth-order valence-corrected chi connectivity index (χ4v) is 2.99. The van der Waals surface area contributed by atoms with Gasteiger partial charge in [0.25, 0.3) is 5.91 Å². The summed E-state index contributed by atoms with van der Waals surface area (Å²) in [5, 5.41) is 3.93. The van der Waals surface area contributed by atoms with Crippen LogP contribution < -0.4 is 10.1 Å². The number of imidazole rings is 1. The third kappa shape index (κ3) is 3.84. The molecule has 0 bridgehead atoms. The number of ether oxygens (including phenoxy) is 1. The summed E-state index contributed by atoms with van der Waals surface area (Å²) in [5.74, 6) is 0.625. The highest BCUT2D eigenvalue weighted by Crippen LogP contribution is 2.21. The number of rotatable bonds is 6. The average molecular weight is 360 g/mol. The summed E-state index contributed by atoms with van der Waals surface area (Å²) in [7, 11) is 1.62. The highest BCUT2D eigenvalue weighted by molar-refractivity contribution is 5.98. The van der Waals surface area contributed by atoms with Crippen molar-refractivity contribution >= 4 is 16.8 Å². The Balaban J connectivity index is 1.38. The second-order valence-corrected chi connectivity index (χ2v) is 6.37. The molecule has 0 spiro atoms. The first-order valence-electron chi connectivity index (χ1n) is 8.70. The Labute approximate surface area is 156 Å². The number of hydrogen-bond donors (Lipinski definition) is 2. The second kappa shape index (κ2) is 7.37. The molecule has 4 aromatic rings. The Morgan fingerprint density at radius 1 is 1.15 bits per heavy atom. The molecule has 0 unspecified atom stereocenters. The Morgan fingerprint density at radius 3 is 2.70 bits per heavy atom. The highest BCUT2D eigenvalue weighted by atomic mass is 16.5. The van der Waals surface area contributed by atoms with Crippen LogP contribution in [0.5, 0.6) is 5.75 Å². The molecule has 2 aromatic carbocycles. The number of amides is 1. The van der Waals surface area contributed by atoms with Crippen LogP contribution in [0.15, 0.2) is 67.3 Å². The van der Waals surface area contributed by atoms with Gasteiger partial charge < -0.3 is 19.6 Å². The van der Waals surface area contributed by atoms with Gasteiger partial charge in [-0.05, 0) is 29.3 Å². The number of fused-ring (bicyclic) bond motifs is 1. The molecule has 4 rings (SSSR count). The zero-order valence-corrected chi connectivity index (χ0v) is 15.0. The number of hydrogen-bond acceptors (Lipinski definition) is 3. The molecule has 2 N–H and O–H groups in total. The van der Waals surface area contributed by atoms with E-state index in [-0.39, 0.29) is 5.91 Å². The minimum Gasteiger partial charge on any atom is -0.497 e. The third-order valence-corrected chi connectivity index (χ3v) is 4.47. The van der Waals surface area contributed by atoms with Crippen molar-refractivity contribution in [2.45, 2.75) is 13.1 Å². The number of benzene rings is 2. The van der Waals surface area contributed by atoms with Crippen molar-refractivity contribution in [3.05, 3.63) is 84.1 Å². The summed E-state index contributed by atoms with van der Waals surface area (Å²) < 4.78 is 7.23. The van der Waals surface area contributed by atoms with Crippen molar-refractivity contribution in [2.75, 3.05) is 7.11 Å². The van der Waals surface area contributed by atoms with E-state index in [2.05, 4.69) is 27.4 Å². The Morgan fingerprint density at radius 2 is 1.96 bits per heavy atom. The molecule has 0 aliphatic heterocycles. The first kappa shape index (κ1) is 16.9. The van der Waals surface area contributed by atoms with E-state index in [0.29, 0.717) is 12.2 Å². The largest absolute Gasteiger partial charge is 0.497 e. The topological polar surface area (TPSA) is 71.9 Å². The SMILES string of the molecule is COc1ccc2cc(C(=O)NCc3ccc(Cn4ccnc4)cc3)[nH]c2c1. The smallest absolute Gasteiger partial charge is 0.267 e. The van der Waals surface area contributed by atoms with Gasteiger partial charge >= 0.3 is 0 Å². The van der Waals surface area contributed by atoms with Crippen LogP contribution in [0.25, 0.3) is 10.9 Å². The Hall–Kier alpha value is -3.54. The number of aromatic amines is 1. The highest BCUT2D eigenvalue weighted by Gasteiger charge is 2.10. The van der Waals surface area contributed by atoms with Gasteiger partial charge in [-0.15, -0.1) is 0 Å². The van der Waals surface area contributed by atoms with Crippen LogP contribution in [0, 0.1) is 0 Å². The molecule has 0 radical (unpaired) electrons. The molecule has 0 aliphatic carbocycles.